The van der Waals surface area contributed by atoms with Crippen LogP contribution in [0.25, 0.3) is 11.1 Å². The molecule has 26 heavy (non-hydrogen) atoms. The molecular weight excluding hydrogens is 349 g/mol. The lowest BCUT2D eigenvalue weighted by Crippen LogP contribution is -2.49. The second-order valence-electron chi connectivity index (χ2n) is 7.22. The fourth-order valence-electron chi connectivity index (χ4n) is 4.33. The van der Waals surface area contributed by atoms with Gasteiger partial charge in [-0.15, -0.1) is 11.3 Å². The first-order valence-corrected chi connectivity index (χ1v) is 9.68. The van der Waals surface area contributed by atoms with Crippen molar-refractivity contribution in [1.29, 1.82) is 5.26 Å². The molecule has 2 fully saturated rings. The molecule has 134 valence electrons. The van der Waals surface area contributed by atoms with Gasteiger partial charge in [0.15, 0.2) is 0 Å². The highest BCUT2D eigenvalue weighted by Gasteiger charge is 2.42. The largest absolute Gasteiger partial charge is 0.332 e. The minimum Gasteiger partial charge on any atom is -0.332 e. The van der Waals surface area contributed by atoms with Crippen molar-refractivity contribution in [2.24, 2.45) is 5.73 Å². The third-order valence-electron chi connectivity index (χ3n) is 5.53. The SMILES string of the molecule is Cc1sc(C(=O)N2C3CCC2CC(N)C3)cc1-c1ccc(C#N)c(F)c1. The van der Waals surface area contributed by atoms with E-state index in [0.717, 1.165) is 36.1 Å². The number of thiophene rings is 1. The van der Waals surface area contributed by atoms with E-state index in [2.05, 4.69) is 0 Å². The van der Waals surface area contributed by atoms with Crippen LogP contribution in [0.5, 0.6) is 0 Å². The highest BCUT2D eigenvalue weighted by molar-refractivity contribution is 7.14. The Hall–Kier alpha value is -2.23. The van der Waals surface area contributed by atoms with Gasteiger partial charge in [0.25, 0.3) is 5.91 Å². The zero-order chi connectivity index (χ0) is 18.4. The fourth-order valence-corrected chi connectivity index (χ4v) is 5.31. The van der Waals surface area contributed by atoms with E-state index in [4.69, 9.17) is 11.0 Å². The van der Waals surface area contributed by atoms with Gasteiger partial charge >= 0.3 is 0 Å². The number of piperidine rings is 1. The Morgan fingerprint density at radius 2 is 2.00 bits per heavy atom. The molecule has 4 nitrogen and oxygen atoms in total. The number of halogens is 1. The second kappa shape index (κ2) is 6.49. The molecule has 1 aromatic heterocycles. The molecule has 0 radical (unpaired) electrons. The Bertz CT molecular complexity index is 902. The van der Waals surface area contributed by atoms with E-state index in [1.54, 1.807) is 6.07 Å². The number of nitrogens with two attached hydrogens (primary N) is 1. The first-order chi connectivity index (χ1) is 12.5. The van der Waals surface area contributed by atoms with Crippen LogP contribution in [-0.4, -0.2) is 28.9 Å². The standard InChI is InChI=1S/C20H20FN3OS/c1-11-17(12-2-3-13(10-22)18(21)6-12)9-19(26-11)20(25)24-15-4-5-16(24)8-14(23)7-15/h2-3,6,9,14-16H,4-5,7-8,23H2,1H3. The molecule has 1 aromatic carbocycles. The summed E-state index contributed by atoms with van der Waals surface area (Å²) in [5.41, 5.74) is 7.67. The van der Waals surface area contributed by atoms with Gasteiger partial charge in [0.05, 0.1) is 10.4 Å². The molecule has 2 unspecified atom stereocenters. The summed E-state index contributed by atoms with van der Waals surface area (Å²) in [5, 5.41) is 8.88. The molecule has 2 aliphatic rings. The molecule has 4 rings (SSSR count). The van der Waals surface area contributed by atoms with Crippen LogP contribution in [0, 0.1) is 24.1 Å². The molecule has 2 aliphatic heterocycles. The smallest absolute Gasteiger partial charge is 0.264 e. The number of fused-ring (bicyclic) bond motifs is 2. The van der Waals surface area contributed by atoms with Crippen molar-refractivity contribution in [3.63, 3.8) is 0 Å². The molecule has 3 heterocycles. The number of carbonyl (C=O) groups excluding carboxylic acids is 1. The van der Waals surface area contributed by atoms with Gasteiger partial charge in [-0.25, -0.2) is 4.39 Å². The van der Waals surface area contributed by atoms with E-state index in [-0.39, 0.29) is 29.6 Å². The number of amides is 1. The number of benzene rings is 1. The molecule has 2 aromatic rings. The fraction of sp³-hybridized carbons (Fsp3) is 0.400. The van der Waals surface area contributed by atoms with E-state index in [9.17, 15) is 9.18 Å². The van der Waals surface area contributed by atoms with Crippen LogP contribution in [0.4, 0.5) is 4.39 Å². The highest BCUT2D eigenvalue weighted by atomic mass is 32.1. The molecule has 1 amide bonds. The highest BCUT2D eigenvalue weighted by Crippen LogP contribution is 2.39. The van der Waals surface area contributed by atoms with Gasteiger partial charge in [0, 0.05) is 23.0 Å². The molecule has 0 aliphatic carbocycles. The zero-order valence-corrected chi connectivity index (χ0v) is 15.4. The van der Waals surface area contributed by atoms with Crippen LogP contribution in [-0.2, 0) is 0 Å². The molecule has 2 N–H and O–H groups in total. The summed E-state index contributed by atoms with van der Waals surface area (Å²) < 4.78 is 14.0. The molecule has 2 bridgehead atoms. The summed E-state index contributed by atoms with van der Waals surface area (Å²) in [4.78, 5) is 16.8. The minimum absolute atomic E-state index is 0.0270. The monoisotopic (exact) mass is 369 g/mol. The summed E-state index contributed by atoms with van der Waals surface area (Å²) in [5.74, 6) is -0.468. The van der Waals surface area contributed by atoms with Crippen LogP contribution in [0.3, 0.4) is 0 Å². The number of hydrogen-bond donors (Lipinski definition) is 1. The maximum Gasteiger partial charge on any atom is 0.264 e. The van der Waals surface area contributed by atoms with Gasteiger partial charge in [-0.05, 0) is 61.9 Å². The van der Waals surface area contributed by atoms with Crippen molar-refractivity contribution >= 4 is 17.2 Å². The van der Waals surface area contributed by atoms with Crippen molar-refractivity contribution in [3.8, 4) is 17.2 Å². The van der Waals surface area contributed by atoms with Crippen LogP contribution in [0.2, 0.25) is 0 Å². The first kappa shape index (κ1) is 17.2. The van der Waals surface area contributed by atoms with Gasteiger partial charge in [-0.2, -0.15) is 5.26 Å². The maximum absolute atomic E-state index is 14.0. The zero-order valence-electron chi connectivity index (χ0n) is 14.5. The van der Waals surface area contributed by atoms with E-state index in [0.29, 0.717) is 10.4 Å². The van der Waals surface area contributed by atoms with E-state index in [1.807, 2.05) is 24.0 Å². The molecular formula is C20H20FN3OS. The number of hydrogen-bond acceptors (Lipinski definition) is 4. The summed E-state index contributed by atoms with van der Waals surface area (Å²) in [6.07, 6.45) is 3.81. The maximum atomic E-state index is 14.0. The van der Waals surface area contributed by atoms with Gasteiger partial charge in [-0.1, -0.05) is 6.07 Å². The van der Waals surface area contributed by atoms with Gasteiger partial charge in [0.1, 0.15) is 11.9 Å². The molecule has 2 atom stereocenters. The van der Waals surface area contributed by atoms with E-state index >= 15 is 0 Å². The first-order valence-electron chi connectivity index (χ1n) is 8.86. The number of nitriles is 1. The molecule has 0 spiro atoms. The quantitative estimate of drug-likeness (QED) is 0.875. The topological polar surface area (TPSA) is 70.1 Å². The van der Waals surface area contributed by atoms with E-state index in [1.165, 1.54) is 23.5 Å². The third-order valence-corrected chi connectivity index (χ3v) is 6.57. The Morgan fingerprint density at radius 1 is 1.31 bits per heavy atom. The Morgan fingerprint density at radius 3 is 2.62 bits per heavy atom. The summed E-state index contributed by atoms with van der Waals surface area (Å²) in [6, 6.07) is 8.95. The van der Waals surface area contributed by atoms with Crippen LogP contribution >= 0.6 is 11.3 Å². The lowest BCUT2D eigenvalue weighted by Gasteiger charge is -2.37. The molecule has 2 saturated heterocycles. The third kappa shape index (κ3) is 2.81. The van der Waals surface area contributed by atoms with Crippen molar-refractivity contribution < 1.29 is 9.18 Å². The van der Waals surface area contributed by atoms with Crippen LogP contribution in [0.1, 0.15) is 45.8 Å². The number of nitrogens with zero attached hydrogens (tertiary/aromatic N) is 2. The van der Waals surface area contributed by atoms with Crippen molar-refractivity contribution in [2.45, 2.75) is 50.7 Å². The second-order valence-corrected chi connectivity index (χ2v) is 8.47. The van der Waals surface area contributed by atoms with Gasteiger partial charge < -0.3 is 10.6 Å². The molecule has 6 heteroatoms. The average molecular weight is 369 g/mol. The predicted octanol–water partition coefficient (Wildman–Crippen LogP) is 3.83. The average Bonchev–Trinajstić information content (AvgIpc) is 3.12. The summed E-state index contributed by atoms with van der Waals surface area (Å²) in [7, 11) is 0. The Labute approximate surface area is 156 Å². The summed E-state index contributed by atoms with van der Waals surface area (Å²) in [6.45, 7) is 1.94. The van der Waals surface area contributed by atoms with Gasteiger partial charge in [0.2, 0.25) is 0 Å². The number of carbonyl (C=O) groups is 1. The predicted molar refractivity (Wildman–Crippen MR) is 99.4 cm³/mol. The number of rotatable bonds is 2. The van der Waals surface area contributed by atoms with Crippen LogP contribution in [0.15, 0.2) is 24.3 Å². The van der Waals surface area contributed by atoms with E-state index < -0.39 is 5.82 Å². The van der Waals surface area contributed by atoms with Gasteiger partial charge in [-0.3, -0.25) is 4.79 Å². The van der Waals surface area contributed by atoms with Crippen molar-refractivity contribution in [2.75, 3.05) is 0 Å². The summed E-state index contributed by atoms with van der Waals surface area (Å²) >= 11 is 1.45. The lowest BCUT2D eigenvalue weighted by molar-refractivity contribution is 0.0580. The molecule has 0 saturated carbocycles. The minimum atomic E-state index is -0.536. The van der Waals surface area contributed by atoms with Crippen molar-refractivity contribution in [3.05, 3.63) is 45.4 Å². The lowest BCUT2D eigenvalue weighted by atomic mass is 9.98. The van der Waals surface area contributed by atoms with Crippen molar-refractivity contribution in [1.82, 2.24) is 4.90 Å². The Balaban J connectivity index is 1.64. The van der Waals surface area contributed by atoms with Crippen LogP contribution < -0.4 is 5.73 Å². The number of aryl methyl sites for hydroxylation is 1. The Kier molecular flexibility index (Phi) is 4.29. The normalized spacial score (nSPS) is 24.5.